The lowest BCUT2D eigenvalue weighted by molar-refractivity contribution is -0.144. The summed E-state index contributed by atoms with van der Waals surface area (Å²) in [5.41, 5.74) is 0.964. The van der Waals surface area contributed by atoms with E-state index in [4.69, 9.17) is 8.83 Å². The molecule has 9 heteroatoms. The Bertz CT molecular complexity index is 1210. The lowest BCUT2D eigenvalue weighted by Gasteiger charge is -2.33. The van der Waals surface area contributed by atoms with Crippen molar-refractivity contribution in [3.8, 4) is 0 Å². The zero-order valence-electron chi connectivity index (χ0n) is 18.9. The summed E-state index contributed by atoms with van der Waals surface area (Å²) in [4.78, 5) is 28.6. The molecule has 33 heavy (non-hydrogen) atoms. The van der Waals surface area contributed by atoms with Gasteiger partial charge in [-0.3, -0.25) is 9.59 Å². The Labute approximate surface area is 191 Å². The number of amides is 2. The highest BCUT2D eigenvalue weighted by molar-refractivity contribution is 5.89. The maximum atomic E-state index is 13.6. The van der Waals surface area contributed by atoms with Crippen LogP contribution in [0.3, 0.4) is 0 Å². The Hall–Kier alpha value is -3.88. The topological polar surface area (TPSA) is 106 Å². The number of nitrogens with one attached hydrogen (secondary N) is 1. The van der Waals surface area contributed by atoms with Crippen molar-refractivity contribution < 1.29 is 18.4 Å². The van der Waals surface area contributed by atoms with Crippen LogP contribution in [0.5, 0.6) is 0 Å². The summed E-state index contributed by atoms with van der Waals surface area (Å²) in [6, 6.07) is 13.3. The molecule has 3 heterocycles. The van der Waals surface area contributed by atoms with E-state index in [2.05, 4.69) is 15.6 Å². The van der Waals surface area contributed by atoms with Crippen molar-refractivity contribution in [2.24, 2.45) is 0 Å². The molecule has 172 valence electrons. The Morgan fingerprint density at radius 2 is 1.85 bits per heavy atom. The fraction of sp³-hybridized carbons (Fsp3) is 0.333. The molecule has 0 saturated heterocycles. The van der Waals surface area contributed by atoms with Gasteiger partial charge in [-0.05, 0) is 56.7 Å². The van der Waals surface area contributed by atoms with E-state index < -0.39 is 11.6 Å². The number of carbonyl (C=O) groups is 2. The van der Waals surface area contributed by atoms with Crippen LogP contribution in [0.15, 0.2) is 69.9 Å². The van der Waals surface area contributed by atoms with E-state index in [0.29, 0.717) is 17.0 Å². The van der Waals surface area contributed by atoms with E-state index in [1.54, 1.807) is 24.3 Å². The largest absolute Gasteiger partial charge is 0.467 e. The lowest BCUT2D eigenvalue weighted by atomic mass is 10.0. The standard InChI is InChI=1S/C24H27N5O4/c1-4-24(2,3)25-23(31)22(20-12-8-14-33-20)28(15-17-9-7-13-32-17)21(30)16-29-19-11-6-5-10-18(19)26-27-29/h5-14,22H,4,15-16H2,1-3H3,(H,25,31)/t22-/m1/s1. The van der Waals surface area contributed by atoms with Crippen molar-refractivity contribution in [2.75, 3.05) is 0 Å². The van der Waals surface area contributed by atoms with E-state index in [0.717, 1.165) is 11.9 Å². The molecule has 0 spiro atoms. The zero-order valence-corrected chi connectivity index (χ0v) is 18.9. The molecule has 9 nitrogen and oxygen atoms in total. The first-order chi connectivity index (χ1) is 15.9. The second-order valence-corrected chi connectivity index (χ2v) is 8.48. The molecule has 0 fully saturated rings. The third-order valence-electron chi connectivity index (χ3n) is 5.65. The first-order valence-electron chi connectivity index (χ1n) is 10.8. The summed E-state index contributed by atoms with van der Waals surface area (Å²) in [5.74, 6) is 0.252. The monoisotopic (exact) mass is 449 g/mol. The number of para-hydroxylation sites is 1. The van der Waals surface area contributed by atoms with Crippen molar-refractivity contribution in [1.29, 1.82) is 0 Å². The average Bonchev–Trinajstić information content (AvgIpc) is 3.56. The van der Waals surface area contributed by atoms with Gasteiger partial charge in [0.2, 0.25) is 5.91 Å². The molecule has 2 amide bonds. The number of benzene rings is 1. The second kappa shape index (κ2) is 9.32. The number of rotatable bonds is 9. The number of hydrogen-bond acceptors (Lipinski definition) is 6. The quantitative estimate of drug-likeness (QED) is 0.418. The highest BCUT2D eigenvalue weighted by Crippen LogP contribution is 2.26. The SMILES string of the molecule is CCC(C)(C)NC(=O)[C@@H](c1ccco1)N(Cc1ccco1)C(=O)Cn1nnc2ccccc21. The Kier molecular flexibility index (Phi) is 6.30. The van der Waals surface area contributed by atoms with Gasteiger partial charge in [0.15, 0.2) is 6.04 Å². The van der Waals surface area contributed by atoms with Crippen LogP contribution >= 0.6 is 0 Å². The third-order valence-corrected chi connectivity index (χ3v) is 5.65. The van der Waals surface area contributed by atoms with Crippen molar-refractivity contribution in [1.82, 2.24) is 25.2 Å². The molecular weight excluding hydrogens is 422 g/mol. The molecule has 4 aromatic rings. The molecule has 0 aliphatic heterocycles. The van der Waals surface area contributed by atoms with Crippen molar-refractivity contribution >= 4 is 22.8 Å². The van der Waals surface area contributed by atoms with Gasteiger partial charge in [0, 0.05) is 5.54 Å². The minimum absolute atomic E-state index is 0.0871. The van der Waals surface area contributed by atoms with Crippen molar-refractivity contribution in [3.05, 3.63) is 72.6 Å². The van der Waals surface area contributed by atoms with E-state index in [9.17, 15) is 9.59 Å². The fourth-order valence-electron chi connectivity index (χ4n) is 3.51. The van der Waals surface area contributed by atoms with Crippen LogP contribution in [0.4, 0.5) is 0 Å². The van der Waals surface area contributed by atoms with Crippen molar-refractivity contribution in [2.45, 2.75) is 51.9 Å². The maximum absolute atomic E-state index is 13.6. The second-order valence-electron chi connectivity index (χ2n) is 8.48. The van der Waals surface area contributed by atoms with Crippen molar-refractivity contribution in [3.63, 3.8) is 0 Å². The van der Waals surface area contributed by atoms with Gasteiger partial charge in [-0.1, -0.05) is 24.3 Å². The summed E-state index contributed by atoms with van der Waals surface area (Å²) in [5, 5.41) is 11.3. The summed E-state index contributed by atoms with van der Waals surface area (Å²) in [6.45, 7) is 5.85. The molecule has 1 atom stereocenters. The fourth-order valence-corrected chi connectivity index (χ4v) is 3.51. The summed E-state index contributed by atoms with van der Waals surface area (Å²) < 4.78 is 12.6. The van der Waals surface area contributed by atoms with E-state index in [-0.39, 0.29) is 24.9 Å². The highest BCUT2D eigenvalue weighted by Gasteiger charge is 2.36. The number of nitrogens with zero attached hydrogens (tertiary/aromatic N) is 4. The Balaban J connectivity index is 1.70. The highest BCUT2D eigenvalue weighted by atomic mass is 16.3. The third kappa shape index (κ3) is 4.97. The molecule has 0 radical (unpaired) electrons. The minimum Gasteiger partial charge on any atom is -0.467 e. The molecule has 0 unspecified atom stereocenters. The number of hydrogen-bond donors (Lipinski definition) is 1. The number of aromatic nitrogens is 3. The van der Waals surface area contributed by atoms with Gasteiger partial charge in [0.05, 0.1) is 24.6 Å². The van der Waals surface area contributed by atoms with Gasteiger partial charge >= 0.3 is 0 Å². The normalized spacial score (nSPS) is 12.6. The lowest BCUT2D eigenvalue weighted by Crippen LogP contribution is -2.50. The first-order valence-corrected chi connectivity index (χ1v) is 10.8. The summed E-state index contributed by atoms with van der Waals surface area (Å²) in [6.07, 6.45) is 3.74. The van der Waals surface area contributed by atoms with Crippen LogP contribution in [-0.2, 0) is 22.7 Å². The zero-order chi connectivity index (χ0) is 23.4. The minimum atomic E-state index is -0.988. The molecule has 0 saturated carbocycles. The predicted molar refractivity (Wildman–Crippen MR) is 121 cm³/mol. The van der Waals surface area contributed by atoms with Gasteiger partial charge in [-0.2, -0.15) is 0 Å². The average molecular weight is 450 g/mol. The van der Waals surface area contributed by atoms with Crippen LogP contribution in [0, 0.1) is 0 Å². The van der Waals surface area contributed by atoms with Gasteiger partial charge in [-0.15, -0.1) is 5.10 Å². The molecule has 0 bridgehead atoms. The van der Waals surface area contributed by atoms with E-state index in [1.165, 1.54) is 22.1 Å². The molecule has 1 aromatic carbocycles. The van der Waals surface area contributed by atoms with Gasteiger partial charge in [0.25, 0.3) is 5.91 Å². The van der Waals surface area contributed by atoms with Crippen LogP contribution in [0.25, 0.3) is 11.0 Å². The van der Waals surface area contributed by atoms with Gasteiger partial charge in [-0.25, -0.2) is 4.68 Å². The summed E-state index contributed by atoms with van der Waals surface area (Å²) in [7, 11) is 0. The van der Waals surface area contributed by atoms with Crippen LogP contribution in [0.2, 0.25) is 0 Å². The van der Waals surface area contributed by atoms with Gasteiger partial charge < -0.3 is 19.1 Å². The van der Waals surface area contributed by atoms with E-state index >= 15 is 0 Å². The Morgan fingerprint density at radius 3 is 2.55 bits per heavy atom. The molecule has 4 rings (SSSR count). The molecule has 0 aliphatic carbocycles. The molecule has 3 aromatic heterocycles. The number of carbonyl (C=O) groups excluding carboxylic acids is 2. The first kappa shape index (κ1) is 22.3. The van der Waals surface area contributed by atoms with Crippen LogP contribution < -0.4 is 5.32 Å². The number of furan rings is 2. The molecular formula is C24H27N5O4. The number of fused-ring (bicyclic) bond motifs is 1. The maximum Gasteiger partial charge on any atom is 0.251 e. The summed E-state index contributed by atoms with van der Waals surface area (Å²) >= 11 is 0. The van der Waals surface area contributed by atoms with Crippen LogP contribution in [0.1, 0.15) is 44.8 Å². The molecule has 1 N–H and O–H groups in total. The Morgan fingerprint density at radius 1 is 1.09 bits per heavy atom. The smallest absolute Gasteiger partial charge is 0.251 e. The van der Waals surface area contributed by atoms with Crippen LogP contribution in [-0.4, -0.2) is 37.2 Å². The van der Waals surface area contributed by atoms with Gasteiger partial charge in [0.1, 0.15) is 23.6 Å². The van der Waals surface area contributed by atoms with E-state index in [1.807, 2.05) is 45.0 Å². The molecule has 0 aliphatic rings. The predicted octanol–water partition coefficient (Wildman–Crippen LogP) is 3.69.